The van der Waals surface area contributed by atoms with E-state index in [9.17, 15) is 0 Å². The summed E-state index contributed by atoms with van der Waals surface area (Å²) < 4.78 is 4.73. The van der Waals surface area contributed by atoms with Crippen molar-refractivity contribution in [2.75, 3.05) is 13.2 Å². The van der Waals surface area contributed by atoms with Crippen molar-refractivity contribution >= 4 is 6.08 Å². The lowest BCUT2D eigenvalue weighted by Crippen LogP contribution is -2.05. The molecule has 0 aromatic heterocycles. The molecule has 0 bridgehead atoms. The van der Waals surface area contributed by atoms with Gasteiger partial charge in [0.2, 0.25) is 6.08 Å². The molecule has 0 amide bonds. The minimum atomic E-state index is 0.412. The number of carbonyl (C=O) groups excluding carboxylic acids is 1. The maximum absolute atomic E-state index is 8.35. The molecule has 0 aromatic rings. The Balaban J connectivity index is 0.000000145. The molecule has 1 rings (SSSR count). The van der Waals surface area contributed by atoms with Gasteiger partial charge in [-0.3, -0.25) is 0 Å². The van der Waals surface area contributed by atoms with Crippen LogP contribution in [0.15, 0.2) is 0 Å². The fourth-order valence-corrected chi connectivity index (χ4v) is 0.204. The Morgan fingerprint density at radius 1 is 2.00 bits per heavy atom. The molecule has 1 atom stereocenters. The summed E-state index contributed by atoms with van der Waals surface area (Å²) in [5.74, 6) is 0. The highest BCUT2D eigenvalue weighted by Gasteiger charge is 2.18. The summed E-state index contributed by atoms with van der Waals surface area (Å²) in [4.78, 5) is 8.35. The predicted molar refractivity (Wildman–Crippen MR) is 27.2 cm³/mol. The third-order valence-corrected chi connectivity index (χ3v) is 0.665. The lowest BCUT2D eigenvalue weighted by Gasteiger charge is -1.71. The molecule has 1 aliphatic rings. The van der Waals surface area contributed by atoms with E-state index in [4.69, 9.17) is 20.7 Å². The van der Waals surface area contributed by atoms with Gasteiger partial charge in [-0.25, -0.2) is 10.2 Å². The van der Waals surface area contributed by atoms with Gasteiger partial charge in [0.05, 0.1) is 12.7 Å². The van der Waals surface area contributed by atoms with Crippen LogP contribution in [-0.4, -0.2) is 25.3 Å². The van der Waals surface area contributed by atoms with Crippen LogP contribution in [0.4, 0.5) is 0 Å². The fraction of sp³-hybridized carbons (Fsp3) is 0.750. The van der Waals surface area contributed by atoms with Crippen LogP contribution in [0.1, 0.15) is 0 Å². The Kier molecular flexibility index (Phi) is 4.07. The van der Waals surface area contributed by atoms with E-state index in [1.807, 2.05) is 0 Å². The monoisotopic (exact) mass is 116 g/mol. The Hall–Kier alpha value is -0.700. The van der Waals surface area contributed by atoms with Gasteiger partial charge < -0.3 is 10.5 Å². The minimum absolute atomic E-state index is 0.412. The van der Waals surface area contributed by atoms with Gasteiger partial charge in [0.25, 0.3) is 0 Å². The SMILES string of the molecule is N=C=O.NCC1CO1. The Bertz CT molecular complexity index is 84.0. The zero-order valence-corrected chi connectivity index (χ0v) is 4.39. The van der Waals surface area contributed by atoms with Crippen molar-refractivity contribution in [3.8, 4) is 0 Å². The molecule has 1 fully saturated rings. The predicted octanol–water partition coefficient (Wildman–Crippen LogP) is -0.755. The largest absolute Gasteiger partial charge is 0.372 e. The molecule has 4 nitrogen and oxygen atoms in total. The maximum atomic E-state index is 8.35. The summed E-state index contributed by atoms with van der Waals surface area (Å²) in [7, 11) is 0. The lowest BCUT2D eigenvalue weighted by atomic mass is 10.5. The number of hydrogen-bond acceptors (Lipinski definition) is 4. The van der Waals surface area contributed by atoms with Gasteiger partial charge in [-0.1, -0.05) is 0 Å². The van der Waals surface area contributed by atoms with E-state index in [0.29, 0.717) is 12.6 Å². The summed E-state index contributed by atoms with van der Waals surface area (Å²) in [6, 6.07) is 0. The molecule has 1 saturated heterocycles. The van der Waals surface area contributed by atoms with Crippen LogP contribution in [-0.2, 0) is 9.53 Å². The van der Waals surface area contributed by atoms with Gasteiger partial charge >= 0.3 is 0 Å². The van der Waals surface area contributed by atoms with Crippen LogP contribution >= 0.6 is 0 Å². The zero-order valence-electron chi connectivity index (χ0n) is 4.39. The average Bonchev–Trinajstić information content (AvgIpc) is 2.48. The molecule has 46 valence electrons. The van der Waals surface area contributed by atoms with Gasteiger partial charge in [-0.15, -0.1) is 0 Å². The second kappa shape index (κ2) is 4.46. The summed E-state index contributed by atoms with van der Waals surface area (Å²) in [5.41, 5.74) is 5.11. The van der Waals surface area contributed by atoms with E-state index in [2.05, 4.69) is 0 Å². The average molecular weight is 116 g/mol. The van der Waals surface area contributed by atoms with Crippen molar-refractivity contribution in [1.29, 1.82) is 5.41 Å². The van der Waals surface area contributed by atoms with Crippen LogP contribution in [0.5, 0.6) is 0 Å². The first kappa shape index (κ1) is 7.30. The molecule has 0 saturated carbocycles. The molecular formula is C4H8N2O2. The van der Waals surface area contributed by atoms with Crippen molar-refractivity contribution in [2.45, 2.75) is 6.10 Å². The van der Waals surface area contributed by atoms with Crippen molar-refractivity contribution < 1.29 is 9.53 Å². The second-order valence-corrected chi connectivity index (χ2v) is 1.29. The summed E-state index contributed by atoms with van der Waals surface area (Å²) >= 11 is 0. The van der Waals surface area contributed by atoms with Crippen LogP contribution in [0.2, 0.25) is 0 Å². The standard InChI is InChI=1S/C3H7NO.CHNO/c4-1-3-2-5-3;2-1-3/h3H,1-2,4H2;2H. The lowest BCUT2D eigenvalue weighted by molar-refractivity contribution is 0.412. The molecule has 3 N–H and O–H groups in total. The molecule has 0 aliphatic carbocycles. The van der Waals surface area contributed by atoms with Crippen molar-refractivity contribution in [1.82, 2.24) is 0 Å². The van der Waals surface area contributed by atoms with E-state index < -0.39 is 0 Å². The molecule has 0 spiro atoms. The normalized spacial score (nSPS) is 22.4. The number of ether oxygens (including phenoxy) is 1. The number of isocyanates is 1. The topological polar surface area (TPSA) is 79.5 Å². The maximum Gasteiger partial charge on any atom is 0.231 e. The quantitative estimate of drug-likeness (QED) is 0.268. The Labute approximate surface area is 47.1 Å². The molecule has 1 heterocycles. The number of epoxide rings is 1. The molecule has 4 heteroatoms. The molecule has 0 aromatic carbocycles. The van der Waals surface area contributed by atoms with E-state index in [1.54, 1.807) is 0 Å². The van der Waals surface area contributed by atoms with Crippen LogP contribution in [0.25, 0.3) is 0 Å². The number of hydrogen-bond donors (Lipinski definition) is 2. The van der Waals surface area contributed by atoms with Gasteiger partial charge in [0.15, 0.2) is 0 Å². The first-order valence-corrected chi connectivity index (χ1v) is 2.20. The summed E-state index contributed by atoms with van der Waals surface area (Å²) in [6.45, 7) is 1.58. The first-order valence-electron chi connectivity index (χ1n) is 2.20. The molecule has 1 unspecified atom stereocenters. The zero-order chi connectivity index (χ0) is 6.41. The van der Waals surface area contributed by atoms with Crippen LogP contribution in [0.3, 0.4) is 0 Å². The van der Waals surface area contributed by atoms with Crippen molar-refractivity contribution in [3.63, 3.8) is 0 Å². The first-order chi connectivity index (χ1) is 3.85. The minimum Gasteiger partial charge on any atom is -0.372 e. The Morgan fingerprint density at radius 2 is 2.38 bits per heavy atom. The number of nitrogens with one attached hydrogen (secondary N) is 1. The highest BCUT2D eigenvalue weighted by atomic mass is 16.6. The van der Waals surface area contributed by atoms with Crippen molar-refractivity contribution in [3.05, 3.63) is 0 Å². The van der Waals surface area contributed by atoms with Gasteiger partial charge in [-0.2, -0.15) is 0 Å². The third-order valence-electron chi connectivity index (χ3n) is 0.665. The van der Waals surface area contributed by atoms with E-state index in [-0.39, 0.29) is 0 Å². The van der Waals surface area contributed by atoms with Gasteiger partial charge in [0.1, 0.15) is 0 Å². The highest BCUT2D eigenvalue weighted by molar-refractivity contribution is 5.26. The number of rotatable bonds is 1. The molecule has 8 heavy (non-hydrogen) atoms. The second-order valence-electron chi connectivity index (χ2n) is 1.29. The van der Waals surface area contributed by atoms with Gasteiger partial charge in [-0.05, 0) is 0 Å². The smallest absolute Gasteiger partial charge is 0.231 e. The molecule has 1 aliphatic heterocycles. The third kappa shape index (κ3) is 5.30. The van der Waals surface area contributed by atoms with Crippen LogP contribution in [0, 0.1) is 5.41 Å². The fourth-order valence-electron chi connectivity index (χ4n) is 0.204. The van der Waals surface area contributed by atoms with E-state index in [0.717, 1.165) is 12.7 Å². The molecular weight excluding hydrogens is 108 g/mol. The van der Waals surface area contributed by atoms with Crippen molar-refractivity contribution in [2.24, 2.45) is 5.73 Å². The molecule has 0 radical (unpaired) electrons. The highest BCUT2D eigenvalue weighted by Crippen LogP contribution is 2.03. The van der Waals surface area contributed by atoms with Gasteiger partial charge in [0, 0.05) is 6.54 Å². The summed E-state index contributed by atoms with van der Waals surface area (Å²) in [6.07, 6.45) is 1.16. The summed E-state index contributed by atoms with van der Waals surface area (Å²) in [5, 5.41) is 5.40. The Morgan fingerprint density at radius 3 is 2.38 bits per heavy atom. The van der Waals surface area contributed by atoms with E-state index in [1.165, 1.54) is 0 Å². The van der Waals surface area contributed by atoms with Crippen LogP contribution < -0.4 is 5.73 Å². The van der Waals surface area contributed by atoms with E-state index >= 15 is 0 Å². The number of nitrogens with two attached hydrogens (primary N) is 1.